The molecule has 0 radical (unpaired) electrons. The van der Waals surface area contributed by atoms with Crippen LogP contribution in [0.4, 0.5) is 0 Å². The largest absolute Gasteiger partial charge is 0.503 e. The highest BCUT2D eigenvalue weighted by atomic mass is 16.5. The maximum absolute atomic E-state index is 12.3. The quantitative estimate of drug-likeness (QED) is 0.715. The van der Waals surface area contributed by atoms with E-state index in [1.807, 2.05) is 25.1 Å². The van der Waals surface area contributed by atoms with Gasteiger partial charge in [0.1, 0.15) is 12.1 Å². The summed E-state index contributed by atoms with van der Waals surface area (Å²) >= 11 is 0. The smallest absolute Gasteiger partial charge is 0.328 e. The molecule has 8 nitrogen and oxygen atoms in total. The molecule has 0 aliphatic heterocycles. The first-order chi connectivity index (χ1) is 12.8. The topological polar surface area (TPSA) is 111 Å². The van der Waals surface area contributed by atoms with Gasteiger partial charge in [0.15, 0.2) is 17.2 Å². The summed E-state index contributed by atoms with van der Waals surface area (Å²) in [7, 11) is 1.36. The van der Waals surface area contributed by atoms with Crippen LogP contribution in [0.15, 0.2) is 36.7 Å². The number of ether oxygens (including phenoxy) is 2. The Balaban J connectivity index is 1.98. The number of rotatable bonds is 7. The molecule has 0 saturated heterocycles. The Hall–Kier alpha value is -3.16. The van der Waals surface area contributed by atoms with Crippen molar-refractivity contribution < 1.29 is 24.2 Å². The van der Waals surface area contributed by atoms with E-state index in [0.717, 1.165) is 5.69 Å². The number of nitrogens with one attached hydrogen (secondary N) is 1. The van der Waals surface area contributed by atoms with Crippen LogP contribution in [-0.4, -0.2) is 46.2 Å². The first-order valence-electron chi connectivity index (χ1n) is 8.49. The van der Waals surface area contributed by atoms with Crippen molar-refractivity contribution in [3.63, 3.8) is 0 Å². The number of hydrogen-bond donors (Lipinski definition) is 2. The fourth-order valence-electron chi connectivity index (χ4n) is 2.36. The summed E-state index contributed by atoms with van der Waals surface area (Å²) in [6.07, 6.45) is 2.57. The lowest BCUT2D eigenvalue weighted by molar-refractivity contribution is -0.151. The van der Waals surface area contributed by atoms with Crippen LogP contribution in [0, 0.1) is 0 Å². The van der Waals surface area contributed by atoms with Gasteiger partial charge in [-0.2, -0.15) is 0 Å². The predicted molar refractivity (Wildman–Crippen MR) is 97.6 cm³/mol. The van der Waals surface area contributed by atoms with Gasteiger partial charge in [0.25, 0.3) is 5.91 Å². The fourth-order valence-corrected chi connectivity index (χ4v) is 2.36. The molecule has 0 fully saturated rings. The van der Waals surface area contributed by atoms with Crippen LogP contribution in [-0.2, 0) is 9.53 Å². The molecule has 2 aromatic heterocycles. The summed E-state index contributed by atoms with van der Waals surface area (Å²) in [5.74, 6) is -1.69. The Morgan fingerprint density at radius 3 is 2.48 bits per heavy atom. The summed E-state index contributed by atoms with van der Waals surface area (Å²) < 4.78 is 10.4. The van der Waals surface area contributed by atoms with Crippen LogP contribution < -0.4 is 10.1 Å². The molecular weight excluding hydrogens is 350 g/mol. The predicted octanol–water partition coefficient (Wildman–Crippen LogP) is 2.04. The van der Waals surface area contributed by atoms with Crippen LogP contribution >= 0.6 is 0 Å². The third-order valence-corrected chi connectivity index (χ3v) is 4.18. The van der Waals surface area contributed by atoms with Crippen molar-refractivity contribution in [3.8, 4) is 11.5 Å². The molecule has 2 N–H and O–H groups in total. The third-order valence-electron chi connectivity index (χ3n) is 4.18. The van der Waals surface area contributed by atoms with Gasteiger partial charge in [-0.15, -0.1) is 0 Å². The molecule has 0 saturated carbocycles. The van der Waals surface area contributed by atoms with E-state index in [-0.39, 0.29) is 17.4 Å². The van der Waals surface area contributed by atoms with Crippen LogP contribution in [0.3, 0.4) is 0 Å². The molecule has 3 atom stereocenters. The zero-order valence-corrected chi connectivity index (χ0v) is 15.7. The molecular formula is C19H23N3O5. The number of aromatic nitrogens is 2. The Morgan fingerprint density at radius 1 is 1.11 bits per heavy atom. The standard InChI is InChI=1S/C19H23N3O5/c1-11(14-7-5-6-9-20-14)13(3)27-19(25)12(2)22-18(24)16-17(23)15(26-4)8-10-21-16/h5-13,23H,1-4H3,(H,22,24). The summed E-state index contributed by atoms with van der Waals surface area (Å²) in [5, 5.41) is 12.4. The Bertz CT molecular complexity index is 797. The summed E-state index contributed by atoms with van der Waals surface area (Å²) in [6, 6.07) is 6.03. The normalized spacial score (nSPS) is 13.9. The van der Waals surface area contributed by atoms with Crippen molar-refractivity contribution >= 4 is 11.9 Å². The maximum atomic E-state index is 12.3. The summed E-state index contributed by atoms with van der Waals surface area (Å²) in [5.41, 5.74) is 0.573. The Labute approximate surface area is 157 Å². The van der Waals surface area contributed by atoms with E-state index in [0.29, 0.717) is 0 Å². The van der Waals surface area contributed by atoms with Gasteiger partial charge in [0.2, 0.25) is 0 Å². The minimum atomic E-state index is -0.928. The SMILES string of the molecule is COc1ccnc(C(=O)NC(C)C(=O)OC(C)C(C)c2ccccn2)c1O. The Morgan fingerprint density at radius 2 is 1.85 bits per heavy atom. The van der Waals surface area contributed by atoms with Gasteiger partial charge < -0.3 is 19.9 Å². The number of nitrogens with zero attached hydrogens (tertiary/aromatic N) is 2. The van der Waals surface area contributed by atoms with Gasteiger partial charge in [-0.25, -0.2) is 9.78 Å². The van der Waals surface area contributed by atoms with Crippen molar-refractivity contribution in [2.75, 3.05) is 7.11 Å². The highest BCUT2D eigenvalue weighted by molar-refractivity contribution is 5.97. The number of esters is 1. The molecule has 1 amide bonds. The van der Waals surface area contributed by atoms with Crippen LogP contribution in [0.1, 0.15) is 42.9 Å². The van der Waals surface area contributed by atoms with Crippen LogP contribution in [0.5, 0.6) is 11.5 Å². The van der Waals surface area contributed by atoms with Gasteiger partial charge in [0.05, 0.1) is 7.11 Å². The van der Waals surface area contributed by atoms with Gasteiger partial charge in [-0.05, 0) is 26.0 Å². The van der Waals surface area contributed by atoms with Crippen molar-refractivity contribution in [1.29, 1.82) is 0 Å². The number of hydrogen-bond acceptors (Lipinski definition) is 7. The highest BCUT2D eigenvalue weighted by Gasteiger charge is 2.25. The average molecular weight is 373 g/mol. The van der Waals surface area contributed by atoms with E-state index in [1.54, 1.807) is 13.1 Å². The van der Waals surface area contributed by atoms with E-state index < -0.39 is 29.8 Å². The molecule has 0 bridgehead atoms. The average Bonchev–Trinajstić information content (AvgIpc) is 2.67. The molecule has 3 unspecified atom stereocenters. The second-order valence-corrected chi connectivity index (χ2v) is 6.09. The first kappa shape index (κ1) is 20.2. The summed E-state index contributed by atoms with van der Waals surface area (Å²) in [6.45, 7) is 5.17. The molecule has 27 heavy (non-hydrogen) atoms. The van der Waals surface area contributed by atoms with E-state index in [1.165, 1.54) is 26.3 Å². The first-order valence-corrected chi connectivity index (χ1v) is 8.49. The molecule has 2 heterocycles. The van der Waals surface area contributed by atoms with E-state index in [9.17, 15) is 14.7 Å². The van der Waals surface area contributed by atoms with Crippen molar-refractivity contribution in [2.24, 2.45) is 0 Å². The number of carbonyl (C=O) groups is 2. The van der Waals surface area contributed by atoms with Crippen molar-refractivity contribution in [3.05, 3.63) is 48.0 Å². The zero-order chi connectivity index (χ0) is 20.0. The lowest BCUT2D eigenvalue weighted by atomic mass is 10.0. The van der Waals surface area contributed by atoms with Gasteiger partial charge in [0, 0.05) is 30.1 Å². The van der Waals surface area contributed by atoms with Gasteiger partial charge >= 0.3 is 5.97 Å². The molecule has 0 spiro atoms. The fraction of sp³-hybridized carbons (Fsp3) is 0.368. The third kappa shape index (κ3) is 4.93. The molecule has 0 aliphatic carbocycles. The molecule has 144 valence electrons. The molecule has 0 aromatic carbocycles. The lowest BCUT2D eigenvalue weighted by Crippen LogP contribution is -2.41. The number of pyridine rings is 2. The highest BCUT2D eigenvalue weighted by Crippen LogP contribution is 2.27. The number of carbonyl (C=O) groups excluding carboxylic acids is 2. The Kier molecular flexibility index (Phi) is 6.70. The molecule has 2 aromatic rings. The van der Waals surface area contributed by atoms with E-state index >= 15 is 0 Å². The minimum Gasteiger partial charge on any atom is -0.503 e. The van der Waals surface area contributed by atoms with Crippen molar-refractivity contribution in [2.45, 2.75) is 38.8 Å². The second kappa shape index (κ2) is 8.98. The molecule has 8 heteroatoms. The maximum Gasteiger partial charge on any atom is 0.328 e. The second-order valence-electron chi connectivity index (χ2n) is 6.09. The van der Waals surface area contributed by atoms with Crippen LogP contribution in [0.2, 0.25) is 0 Å². The lowest BCUT2D eigenvalue weighted by Gasteiger charge is -2.22. The minimum absolute atomic E-state index is 0.109. The van der Waals surface area contributed by atoms with Gasteiger partial charge in [-0.1, -0.05) is 13.0 Å². The molecule has 2 rings (SSSR count). The number of methoxy groups -OCH3 is 1. The molecule has 0 aliphatic rings. The number of amides is 1. The zero-order valence-electron chi connectivity index (χ0n) is 15.7. The van der Waals surface area contributed by atoms with Crippen molar-refractivity contribution in [1.82, 2.24) is 15.3 Å². The monoisotopic (exact) mass is 373 g/mol. The van der Waals surface area contributed by atoms with Crippen LogP contribution in [0.25, 0.3) is 0 Å². The van der Waals surface area contributed by atoms with E-state index in [2.05, 4.69) is 15.3 Å². The summed E-state index contributed by atoms with van der Waals surface area (Å²) in [4.78, 5) is 32.7. The van der Waals surface area contributed by atoms with Gasteiger partial charge in [-0.3, -0.25) is 9.78 Å². The van der Waals surface area contributed by atoms with E-state index in [4.69, 9.17) is 9.47 Å². The number of aromatic hydroxyl groups is 1.